The van der Waals surface area contributed by atoms with Gasteiger partial charge in [0, 0.05) is 38.1 Å². The average molecular weight is 354 g/mol. The molecule has 1 aromatic rings. The molecule has 24 heavy (non-hydrogen) atoms. The van der Waals surface area contributed by atoms with Gasteiger partial charge >= 0.3 is 0 Å². The van der Waals surface area contributed by atoms with E-state index in [9.17, 15) is 9.59 Å². The largest absolute Gasteiger partial charge is 0.379 e. The molecule has 0 aliphatic carbocycles. The molecular formula is C17H24ClN3O3. The Bertz CT molecular complexity index is 562. The Morgan fingerprint density at radius 3 is 2.75 bits per heavy atom. The lowest BCUT2D eigenvalue weighted by Gasteiger charge is -2.26. The van der Waals surface area contributed by atoms with Crippen LogP contribution in [0.4, 0.5) is 0 Å². The summed E-state index contributed by atoms with van der Waals surface area (Å²) < 4.78 is 5.30. The second-order valence-electron chi connectivity index (χ2n) is 5.82. The maximum Gasteiger partial charge on any atom is 0.222 e. The van der Waals surface area contributed by atoms with Crippen molar-refractivity contribution in [2.75, 3.05) is 39.4 Å². The first-order valence-corrected chi connectivity index (χ1v) is 8.52. The fourth-order valence-electron chi connectivity index (χ4n) is 2.66. The fraction of sp³-hybridized carbons (Fsp3) is 0.529. The second-order valence-corrected chi connectivity index (χ2v) is 6.25. The van der Waals surface area contributed by atoms with E-state index >= 15 is 0 Å². The van der Waals surface area contributed by atoms with Gasteiger partial charge in [-0.15, -0.1) is 0 Å². The second kappa shape index (κ2) is 9.61. The highest BCUT2D eigenvalue weighted by Gasteiger charge is 2.17. The van der Waals surface area contributed by atoms with Gasteiger partial charge in [-0.1, -0.05) is 23.7 Å². The molecule has 0 spiro atoms. The van der Waals surface area contributed by atoms with Gasteiger partial charge in [-0.05, 0) is 17.7 Å². The Morgan fingerprint density at radius 1 is 1.33 bits per heavy atom. The fourth-order valence-corrected chi connectivity index (χ4v) is 2.86. The predicted molar refractivity (Wildman–Crippen MR) is 92.9 cm³/mol. The third kappa shape index (κ3) is 6.47. The summed E-state index contributed by atoms with van der Waals surface area (Å²) in [5, 5.41) is 6.30. The summed E-state index contributed by atoms with van der Waals surface area (Å²) in [5.41, 5.74) is 0.820. The maximum atomic E-state index is 12.2. The molecule has 2 N–H and O–H groups in total. The van der Waals surface area contributed by atoms with Crippen LogP contribution in [0.5, 0.6) is 0 Å². The standard InChI is InChI=1S/C17H24ClN3O3/c1-13(22)20-16(14-3-2-4-15(18)11-14)12-17(23)19-5-6-21-7-9-24-10-8-21/h2-4,11,16H,5-10,12H2,1H3,(H,19,23)(H,20,22). The molecule has 0 radical (unpaired) electrons. The quantitative estimate of drug-likeness (QED) is 0.776. The summed E-state index contributed by atoms with van der Waals surface area (Å²) in [4.78, 5) is 25.9. The Kier molecular flexibility index (Phi) is 7.49. The number of nitrogens with zero attached hydrogens (tertiary/aromatic N) is 1. The topological polar surface area (TPSA) is 70.7 Å². The minimum Gasteiger partial charge on any atom is -0.379 e. The average Bonchev–Trinajstić information content (AvgIpc) is 2.55. The van der Waals surface area contributed by atoms with E-state index in [1.807, 2.05) is 12.1 Å². The van der Waals surface area contributed by atoms with Crippen molar-refractivity contribution in [1.29, 1.82) is 0 Å². The predicted octanol–water partition coefficient (Wildman–Crippen LogP) is 1.36. The zero-order chi connectivity index (χ0) is 17.4. The van der Waals surface area contributed by atoms with E-state index in [-0.39, 0.29) is 24.3 Å². The molecule has 1 unspecified atom stereocenters. The molecule has 7 heteroatoms. The van der Waals surface area contributed by atoms with E-state index in [1.54, 1.807) is 12.1 Å². The van der Waals surface area contributed by atoms with Crippen LogP contribution < -0.4 is 10.6 Å². The van der Waals surface area contributed by atoms with Gasteiger partial charge in [0.25, 0.3) is 0 Å². The van der Waals surface area contributed by atoms with Crippen molar-refractivity contribution in [1.82, 2.24) is 15.5 Å². The van der Waals surface area contributed by atoms with E-state index in [0.717, 1.165) is 38.4 Å². The van der Waals surface area contributed by atoms with E-state index < -0.39 is 0 Å². The van der Waals surface area contributed by atoms with E-state index in [0.29, 0.717) is 11.6 Å². The Hall–Kier alpha value is -1.63. The lowest BCUT2D eigenvalue weighted by atomic mass is 10.0. The third-order valence-electron chi connectivity index (χ3n) is 3.87. The number of carbonyl (C=O) groups excluding carboxylic acids is 2. The van der Waals surface area contributed by atoms with Crippen LogP contribution in [-0.4, -0.2) is 56.1 Å². The number of nitrogens with one attached hydrogen (secondary N) is 2. The normalized spacial score (nSPS) is 16.4. The lowest BCUT2D eigenvalue weighted by molar-refractivity contribution is -0.122. The summed E-state index contributed by atoms with van der Waals surface area (Å²) >= 11 is 6.00. The van der Waals surface area contributed by atoms with Crippen molar-refractivity contribution in [2.24, 2.45) is 0 Å². The first-order valence-electron chi connectivity index (χ1n) is 8.14. The van der Waals surface area contributed by atoms with Gasteiger partial charge in [-0.2, -0.15) is 0 Å². The molecule has 0 aromatic heterocycles. The SMILES string of the molecule is CC(=O)NC(CC(=O)NCCN1CCOCC1)c1cccc(Cl)c1. The molecule has 1 aliphatic heterocycles. The van der Waals surface area contributed by atoms with Gasteiger partial charge in [-0.3, -0.25) is 14.5 Å². The maximum absolute atomic E-state index is 12.2. The zero-order valence-electron chi connectivity index (χ0n) is 13.9. The van der Waals surface area contributed by atoms with Gasteiger partial charge in [-0.25, -0.2) is 0 Å². The highest BCUT2D eigenvalue weighted by atomic mass is 35.5. The number of amides is 2. The van der Waals surface area contributed by atoms with E-state index in [1.165, 1.54) is 6.92 Å². The number of halogens is 1. The number of benzene rings is 1. The number of hydrogen-bond donors (Lipinski definition) is 2. The van der Waals surface area contributed by atoms with Gasteiger partial charge < -0.3 is 15.4 Å². The van der Waals surface area contributed by atoms with E-state index in [4.69, 9.17) is 16.3 Å². The molecule has 1 heterocycles. The van der Waals surface area contributed by atoms with Crippen LogP contribution in [0.1, 0.15) is 24.9 Å². The zero-order valence-corrected chi connectivity index (χ0v) is 14.6. The highest BCUT2D eigenvalue weighted by molar-refractivity contribution is 6.30. The molecule has 1 saturated heterocycles. The Labute approximate surface area is 147 Å². The minimum absolute atomic E-state index is 0.0954. The van der Waals surface area contributed by atoms with Crippen molar-refractivity contribution < 1.29 is 14.3 Å². The first-order chi connectivity index (χ1) is 11.5. The van der Waals surface area contributed by atoms with Gasteiger partial charge in [0.15, 0.2) is 0 Å². The lowest BCUT2D eigenvalue weighted by Crippen LogP contribution is -2.42. The number of carbonyl (C=O) groups is 2. The number of morpholine rings is 1. The number of ether oxygens (including phenoxy) is 1. The molecule has 1 fully saturated rings. The highest BCUT2D eigenvalue weighted by Crippen LogP contribution is 2.20. The molecule has 2 rings (SSSR count). The smallest absolute Gasteiger partial charge is 0.222 e. The van der Waals surface area contributed by atoms with Crippen molar-refractivity contribution >= 4 is 23.4 Å². The third-order valence-corrected chi connectivity index (χ3v) is 4.11. The molecule has 1 atom stereocenters. The minimum atomic E-state index is -0.385. The Balaban J connectivity index is 1.84. The van der Waals surface area contributed by atoms with Gasteiger partial charge in [0.1, 0.15) is 0 Å². The summed E-state index contributed by atoms with van der Waals surface area (Å²) in [6.45, 7) is 6.10. The van der Waals surface area contributed by atoms with Crippen LogP contribution in [0.2, 0.25) is 5.02 Å². The van der Waals surface area contributed by atoms with E-state index in [2.05, 4.69) is 15.5 Å². The summed E-state index contributed by atoms with van der Waals surface area (Å²) in [6.07, 6.45) is 0.184. The van der Waals surface area contributed by atoms with Crippen LogP contribution in [-0.2, 0) is 14.3 Å². The van der Waals surface area contributed by atoms with Crippen LogP contribution >= 0.6 is 11.6 Å². The molecular weight excluding hydrogens is 330 g/mol. The molecule has 6 nitrogen and oxygen atoms in total. The van der Waals surface area contributed by atoms with Crippen LogP contribution in [0.25, 0.3) is 0 Å². The van der Waals surface area contributed by atoms with Crippen molar-refractivity contribution in [3.05, 3.63) is 34.9 Å². The van der Waals surface area contributed by atoms with Crippen LogP contribution in [0, 0.1) is 0 Å². The monoisotopic (exact) mass is 353 g/mol. The molecule has 0 saturated carbocycles. The van der Waals surface area contributed by atoms with Gasteiger partial charge in [0.2, 0.25) is 11.8 Å². The van der Waals surface area contributed by atoms with Crippen molar-refractivity contribution in [3.8, 4) is 0 Å². The molecule has 132 valence electrons. The van der Waals surface area contributed by atoms with Gasteiger partial charge in [0.05, 0.1) is 25.7 Å². The Morgan fingerprint density at radius 2 is 2.08 bits per heavy atom. The first kappa shape index (κ1) is 18.7. The van der Waals surface area contributed by atoms with Crippen molar-refractivity contribution in [2.45, 2.75) is 19.4 Å². The summed E-state index contributed by atoms with van der Waals surface area (Å²) in [7, 11) is 0. The summed E-state index contributed by atoms with van der Waals surface area (Å²) in [6, 6.07) is 6.81. The molecule has 1 aromatic carbocycles. The molecule has 1 aliphatic rings. The molecule has 0 bridgehead atoms. The van der Waals surface area contributed by atoms with Crippen LogP contribution in [0.3, 0.4) is 0 Å². The van der Waals surface area contributed by atoms with Crippen LogP contribution in [0.15, 0.2) is 24.3 Å². The number of rotatable bonds is 7. The number of hydrogen-bond acceptors (Lipinski definition) is 4. The molecule has 2 amide bonds. The van der Waals surface area contributed by atoms with Crippen molar-refractivity contribution in [3.63, 3.8) is 0 Å². The summed E-state index contributed by atoms with van der Waals surface area (Å²) in [5.74, 6) is -0.275.